The van der Waals surface area contributed by atoms with Gasteiger partial charge in [-0.1, -0.05) is 18.2 Å². The minimum absolute atomic E-state index is 0.287. The summed E-state index contributed by atoms with van der Waals surface area (Å²) in [7, 11) is 2.01. The standard InChI is InChI=1S/C17H17NO2/c1-12-5-3-4-6-17(12)20-11-14-9-13-10-15(19)7-8-16(13)18(14)2/h3-10,19H,11H2,1-2H3. The van der Waals surface area contributed by atoms with Crippen molar-refractivity contribution < 1.29 is 9.84 Å². The van der Waals surface area contributed by atoms with E-state index < -0.39 is 0 Å². The first kappa shape index (κ1) is 12.6. The fourth-order valence-electron chi connectivity index (χ4n) is 2.40. The Morgan fingerprint density at radius 3 is 2.70 bits per heavy atom. The first-order chi connectivity index (χ1) is 9.65. The molecule has 20 heavy (non-hydrogen) atoms. The number of nitrogens with zero attached hydrogens (tertiary/aromatic N) is 1. The molecule has 0 saturated heterocycles. The van der Waals surface area contributed by atoms with Gasteiger partial charge in [0.15, 0.2) is 0 Å². The van der Waals surface area contributed by atoms with E-state index >= 15 is 0 Å². The molecule has 3 aromatic rings. The monoisotopic (exact) mass is 267 g/mol. The van der Waals surface area contributed by atoms with Crippen LogP contribution in [0.15, 0.2) is 48.5 Å². The number of hydrogen-bond acceptors (Lipinski definition) is 2. The maximum Gasteiger partial charge on any atom is 0.128 e. The molecule has 102 valence electrons. The predicted molar refractivity (Wildman–Crippen MR) is 80.1 cm³/mol. The maximum atomic E-state index is 9.53. The summed E-state index contributed by atoms with van der Waals surface area (Å²) in [5.41, 5.74) is 3.30. The number of fused-ring (bicyclic) bond motifs is 1. The lowest BCUT2D eigenvalue weighted by Gasteiger charge is -2.09. The molecule has 3 heteroatoms. The number of rotatable bonds is 3. The molecule has 0 spiro atoms. The Morgan fingerprint density at radius 1 is 1.10 bits per heavy atom. The number of aryl methyl sites for hydroxylation is 2. The smallest absolute Gasteiger partial charge is 0.128 e. The predicted octanol–water partition coefficient (Wildman–Crippen LogP) is 3.77. The van der Waals surface area contributed by atoms with E-state index in [4.69, 9.17) is 4.74 Å². The average Bonchev–Trinajstić information content (AvgIpc) is 2.74. The summed E-state index contributed by atoms with van der Waals surface area (Å²) in [6.07, 6.45) is 0. The van der Waals surface area contributed by atoms with Gasteiger partial charge in [-0.2, -0.15) is 0 Å². The molecular weight excluding hydrogens is 250 g/mol. The molecule has 0 aliphatic carbocycles. The molecule has 0 radical (unpaired) electrons. The molecule has 0 amide bonds. The van der Waals surface area contributed by atoms with Crippen LogP contribution in [0, 0.1) is 6.92 Å². The van der Waals surface area contributed by atoms with Crippen molar-refractivity contribution in [3.63, 3.8) is 0 Å². The van der Waals surface area contributed by atoms with E-state index in [0.717, 1.165) is 27.9 Å². The fraction of sp³-hybridized carbons (Fsp3) is 0.176. The molecule has 0 bridgehead atoms. The summed E-state index contributed by atoms with van der Waals surface area (Å²) < 4.78 is 7.97. The molecule has 1 heterocycles. The number of aromatic hydroxyl groups is 1. The zero-order valence-electron chi connectivity index (χ0n) is 11.6. The molecule has 3 nitrogen and oxygen atoms in total. The van der Waals surface area contributed by atoms with Crippen molar-refractivity contribution in [2.75, 3.05) is 0 Å². The second kappa shape index (κ2) is 4.93. The van der Waals surface area contributed by atoms with Gasteiger partial charge < -0.3 is 14.4 Å². The fourth-order valence-corrected chi connectivity index (χ4v) is 2.40. The van der Waals surface area contributed by atoms with Crippen LogP contribution in [0.2, 0.25) is 0 Å². The SMILES string of the molecule is Cc1ccccc1OCc1cc2cc(O)ccc2n1C. The largest absolute Gasteiger partial charge is 0.508 e. The van der Waals surface area contributed by atoms with Crippen LogP contribution in [0.1, 0.15) is 11.3 Å². The van der Waals surface area contributed by atoms with Gasteiger partial charge in [0.2, 0.25) is 0 Å². The third-order valence-corrected chi connectivity index (χ3v) is 3.59. The minimum Gasteiger partial charge on any atom is -0.508 e. The molecule has 0 fully saturated rings. The van der Waals surface area contributed by atoms with Gasteiger partial charge in [0.05, 0.1) is 5.69 Å². The van der Waals surface area contributed by atoms with Crippen LogP contribution in [0.4, 0.5) is 0 Å². The summed E-state index contributed by atoms with van der Waals surface area (Å²) in [6, 6.07) is 15.4. The van der Waals surface area contributed by atoms with Crippen LogP contribution in [-0.4, -0.2) is 9.67 Å². The number of benzene rings is 2. The molecule has 0 atom stereocenters. The highest BCUT2D eigenvalue weighted by Crippen LogP contribution is 2.24. The first-order valence-corrected chi connectivity index (χ1v) is 6.61. The average molecular weight is 267 g/mol. The zero-order valence-corrected chi connectivity index (χ0v) is 11.6. The molecular formula is C17H17NO2. The van der Waals surface area contributed by atoms with Crippen LogP contribution in [0.3, 0.4) is 0 Å². The zero-order chi connectivity index (χ0) is 14.1. The topological polar surface area (TPSA) is 34.4 Å². The van der Waals surface area contributed by atoms with Crippen LogP contribution < -0.4 is 4.74 Å². The highest BCUT2D eigenvalue weighted by atomic mass is 16.5. The van der Waals surface area contributed by atoms with Crippen molar-refractivity contribution in [3.8, 4) is 11.5 Å². The van der Waals surface area contributed by atoms with E-state index in [1.54, 1.807) is 12.1 Å². The number of hydrogen-bond donors (Lipinski definition) is 1. The maximum absolute atomic E-state index is 9.53. The molecule has 3 rings (SSSR count). The Labute approximate surface area is 118 Å². The Bertz CT molecular complexity index is 759. The van der Waals surface area contributed by atoms with Crippen molar-refractivity contribution in [1.82, 2.24) is 4.57 Å². The van der Waals surface area contributed by atoms with E-state index in [1.807, 2.05) is 50.4 Å². The third kappa shape index (κ3) is 2.23. The Kier molecular flexibility index (Phi) is 3.11. The van der Waals surface area contributed by atoms with E-state index in [-0.39, 0.29) is 5.75 Å². The van der Waals surface area contributed by atoms with E-state index in [9.17, 15) is 5.11 Å². The lowest BCUT2D eigenvalue weighted by molar-refractivity contribution is 0.296. The van der Waals surface area contributed by atoms with Gasteiger partial charge in [0.1, 0.15) is 18.1 Å². The van der Waals surface area contributed by atoms with Crippen molar-refractivity contribution in [2.24, 2.45) is 7.05 Å². The molecule has 2 aromatic carbocycles. The van der Waals surface area contributed by atoms with Crippen LogP contribution in [0.25, 0.3) is 10.9 Å². The summed E-state index contributed by atoms with van der Waals surface area (Å²) in [5.74, 6) is 1.19. The number of phenols is 1. The second-order valence-corrected chi connectivity index (χ2v) is 4.99. The summed E-state index contributed by atoms with van der Waals surface area (Å²) >= 11 is 0. The molecule has 1 aromatic heterocycles. The number of ether oxygens (including phenoxy) is 1. The van der Waals surface area contributed by atoms with Crippen molar-refractivity contribution >= 4 is 10.9 Å². The van der Waals surface area contributed by atoms with E-state index in [1.165, 1.54) is 0 Å². The Morgan fingerprint density at radius 2 is 1.90 bits per heavy atom. The van der Waals surface area contributed by atoms with Gasteiger partial charge in [0.25, 0.3) is 0 Å². The molecule has 0 saturated carbocycles. The van der Waals surface area contributed by atoms with Gasteiger partial charge in [-0.25, -0.2) is 0 Å². The number of aromatic nitrogens is 1. The third-order valence-electron chi connectivity index (χ3n) is 3.59. The summed E-state index contributed by atoms with van der Waals surface area (Å²) in [4.78, 5) is 0. The van der Waals surface area contributed by atoms with E-state index in [0.29, 0.717) is 6.61 Å². The van der Waals surface area contributed by atoms with Crippen molar-refractivity contribution in [1.29, 1.82) is 0 Å². The van der Waals surface area contributed by atoms with Crippen molar-refractivity contribution in [2.45, 2.75) is 13.5 Å². The summed E-state index contributed by atoms with van der Waals surface area (Å²) in [6.45, 7) is 2.55. The highest BCUT2D eigenvalue weighted by molar-refractivity contribution is 5.82. The van der Waals surface area contributed by atoms with Crippen LogP contribution in [-0.2, 0) is 13.7 Å². The quantitative estimate of drug-likeness (QED) is 0.783. The first-order valence-electron chi connectivity index (χ1n) is 6.61. The Hall–Kier alpha value is -2.42. The number of phenolic OH excluding ortho intramolecular Hbond substituents is 1. The van der Waals surface area contributed by atoms with Crippen LogP contribution >= 0.6 is 0 Å². The van der Waals surface area contributed by atoms with Gasteiger partial charge in [-0.15, -0.1) is 0 Å². The number of para-hydroxylation sites is 1. The lowest BCUT2D eigenvalue weighted by Crippen LogP contribution is -2.02. The molecule has 1 N–H and O–H groups in total. The normalized spacial score (nSPS) is 10.9. The molecule has 0 aliphatic heterocycles. The van der Waals surface area contributed by atoms with Gasteiger partial charge in [0, 0.05) is 18.0 Å². The van der Waals surface area contributed by atoms with Crippen molar-refractivity contribution in [3.05, 3.63) is 59.8 Å². The van der Waals surface area contributed by atoms with Gasteiger partial charge in [-0.05, 0) is 42.8 Å². The minimum atomic E-state index is 0.287. The van der Waals surface area contributed by atoms with Crippen LogP contribution in [0.5, 0.6) is 11.5 Å². The highest BCUT2D eigenvalue weighted by Gasteiger charge is 2.07. The summed E-state index contributed by atoms with van der Waals surface area (Å²) in [5, 5.41) is 10.6. The van der Waals surface area contributed by atoms with E-state index in [2.05, 4.69) is 4.57 Å². The second-order valence-electron chi connectivity index (χ2n) is 4.99. The van der Waals surface area contributed by atoms with Gasteiger partial charge in [-0.3, -0.25) is 0 Å². The molecule has 0 aliphatic rings. The molecule has 0 unspecified atom stereocenters. The Balaban J connectivity index is 1.88. The lowest BCUT2D eigenvalue weighted by atomic mass is 10.2. The van der Waals surface area contributed by atoms with Gasteiger partial charge >= 0.3 is 0 Å².